The first-order chi connectivity index (χ1) is 8.49. The summed E-state index contributed by atoms with van der Waals surface area (Å²) in [6, 6.07) is 6.29. The molecule has 92 valence electrons. The fourth-order valence-electron chi connectivity index (χ4n) is 1.46. The van der Waals surface area contributed by atoms with Gasteiger partial charge in [-0.1, -0.05) is 40.9 Å². The lowest BCUT2D eigenvalue weighted by Gasteiger charge is -2.07. The van der Waals surface area contributed by atoms with Crippen molar-refractivity contribution in [2.45, 2.75) is 0 Å². The van der Waals surface area contributed by atoms with Crippen molar-refractivity contribution in [2.75, 3.05) is 0 Å². The van der Waals surface area contributed by atoms with Gasteiger partial charge in [0.15, 0.2) is 0 Å². The van der Waals surface area contributed by atoms with Crippen LogP contribution in [0.5, 0.6) is 0 Å². The molecule has 1 heterocycles. The van der Waals surface area contributed by atoms with Crippen molar-refractivity contribution in [1.29, 1.82) is 0 Å². The van der Waals surface area contributed by atoms with Gasteiger partial charge in [-0.2, -0.15) is 0 Å². The van der Waals surface area contributed by atoms with Crippen LogP contribution >= 0.6 is 34.8 Å². The molecule has 2 rings (SSSR count). The van der Waals surface area contributed by atoms with Crippen LogP contribution in [0.2, 0.25) is 15.2 Å². The van der Waals surface area contributed by atoms with E-state index in [2.05, 4.69) is 4.98 Å². The molecule has 0 bridgehead atoms. The number of pyridine rings is 1. The third-order valence-corrected chi connectivity index (χ3v) is 3.16. The third kappa shape index (κ3) is 2.58. The Morgan fingerprint density at radius 3 is 2.44 bits per heavy atom. The molecule has 1 aromatic carbocycles. The maximum Gasteiger partial charge on any atom is 0.337 e. The highest BCUT2D eigenvalue weighted by Gasteiger charge is 2.13. The summed E-state index contributed by atoms with van der Waals surface area (Å²) in [6.07, 6.45) is 1.19. The smallest absolute Gasteiger partial charge is 0.337 e. The molecule has 2 aromatic rings. The van der Waals surface area contributed by atoms with E-state index in [9.17, 15) is 4.79 Å². The summed E-state index contributed by atoms with van der Waals surface area (Å²) < 4.78 is 0. The number of aromatic carboxylic acids is 1. The second-order valence-electron chi connectivity index (χ2n) is 3.49. The molecule has 0 aliphatic heterocycles. The molecule has 0 spiro atoms. The van der Waals surface area contributed by atoms with Gasteiger partial charge in [0, 0.05) is 27.4 Å². The number of carbonyl (C=O) groups is 1. The zero-order valence-electron chi connectivity index (χ0n) is 8.82. The molecule has 0 saturated heterocycles. The molecule has 0 unspecified atom stereocenters. The van der Waals surface area contributed by atoms with Gasteiger partial charge in [-0.05, 0) is 18.2 Å². The molecular formula is C12H6Cl3NO2. The van der Waals surface area contributed by atoms with Gasteiger partial charge in [0.2, 0.25) is 0 Å². The van der Waals surface area contributed by atoms with E-state index < -0.39 is 5.97 Å². The normalized spacial score (nSPS) is 10.4. The van der Waals surface area contributed by atoms with Crippen molar-refractivity contribution in [2.24, 2.45) is 0 Å². The SMILES string of the molecule is O=C(O)c1cnc(Cl)c(-c2ccc(Cl)cc2Cl)c1. The number of carboxylic acid groups (broad SMARTS) is 1. The fraction of sp³-hybridized carbons (Fsp3) is 0. The monoisotopic (exact) mass is 301 g/mol. The Morgan fingerprint density at radius 1 is 1.11 bits per heavy atom. The summed E-state index contributed by atoms with van der Waals surface area (Å²) in [7, 11) is 0. The number of carboxylic acids is 1. The number of aromatic nitrogens is 1. The van der Waals surface area contributed by atoms with Crippen LogP contribution < -0.4 is 0 Å². The van der Waals surface area contributed by atoms with E-state index >= 15 is 0 Å². The summed E-state index contributed by atoms with van der Waals surface area (Å²) >= 11 is 17.8. The molecule has 0 radical (unpaired) electrons. The van der Waals surface area contributed by atoms with Crippen molar-refractivity contribution in [1.82, 2.24) is 4.98 Å². The minimum absolute atomic E-state index is 0.0421. The van der Waals surface area contributed by atoms with Crippen molar-refractivity contribution < 1.29 is 9.90 Å². The average molecular weight is 303 g/mol. The third-order valence-electron chi connectivity index (χ3n) is 2.31. The van der Waals surface area contributed by atoms with E-state index in [1.54, 1.807) is 18.2 Å². The van der Waals surface area contributed by atoms with Crippen molar-refractivity contribution in [3.05, 3.63) is 51.2 Å². The van der Waals surface area contributed by atoms with Crippen LogP contribution in [0.25, 0.3) is 11.1 Å². The number of rotatable bonds is 2. The zero-order chi connectivity index (χ0) is 13.3. The number of nitrogens with zero attached hydrogens (tertiary/aromatic N) is 1. The zero-order valence-corrected chi connectivity index (χ0v) is 11.1. The average Bonchev–Trinajstić information content (AvgIpc) is 2.30. The van der Waals surface area contributed by atoms with Crippen LogP contribution in [0.3, 0.4) is 0 Å². The Balaban J connectivity index is 2.62. The van der Waals surface area contributed by atoms with Gasteiger partial charge in [0.05, 0.1) is 5.56 Å². The summed E-state index contributed by atoms with van der Waals surface area (Å²) in [5.74, 6) is -1.08. The van der Waals surface area contributed by atoms with Gasteiger partial charge >= 0.3 is 5.97 Å². The van der Waals surface area contributed by atoms with Gasteiger partial charge in [-0.3, -0.25) is 0 Å². The summed E-state index contributed by atoms with van der Waals surface area (Å²) in [5, 5.41) is 9.98. The Kier molecular flexibility index (Phi) is 3.76. The van der Waals surface area contributed by atoms with Crippen LogP contribution in [-0.4, -0.2) is 16.1 Å². The molecule has 1 N–H and O–H groups in total. The topological polar surface area (TPSA) is 50.2 Å². The standard InChI is InChI=1S/C12H6Cl3NO2/c13-7-1-2-8(10(14)4-7)9-3-6(12(17)18)5-16-11(9)15/h1-5H,(H,17,18). The van der Waals surface area contributed by atoms with Gasteiger partial charge in [0.1, 0.15) is 5.15 Å². The molecule has 3 nitrogen and oxygen atoms in total. The lowest BCUT2D eigenvalue weighted by atomic mass is 10.1. The van der Waals surface area contributed by atoms with Crippen molar-refractivity contribution in [3.8, 4) is 11.1 Å². The largest absolute Gasteiger partial charge is 0.478 e. The minimum atomic E-state index is -1.08. The maximum atomic E-state index is 10.9. The molecule has 6 heteroatoms. The van der Waals surface area contributed by atoms with Gasteiger partial charge < -0.3 is 5.11 Å². The highest BCUT2D eigenvalue weighted by atomic mass is 35.5. The van der Waals surface area contributed by atoms with E-state index in [1.807, 2.05) is 0 Å². The van der Waals surface area contributed by atoms with Crippen molar-refractivity contribution in [3.63, 3.8) is 0 Å². The number of hydrogen-bond donors (Lipinski definition) is 1. The first-order valence-electron chi connectivity index (χ1n) is 4.83. The molecular weight excluding hydrogens is 296 g/mol. The Morgan fingerprint density at radius 2 is 1.83 bits per heavy atom. The molecule has 0 aliphatic carbocycles. The molecule has 0 fully saturated rings. The quantitative estimate of drug-likeness (QED) is 0.836. The summed E-state index contributed by atoms with van der Waals surface area (Å²) in [4.78, 5) is 14.7. The Bertz CT molecular complexity index is 629. The van der Waals surface area contributed by atoms with E-state index in [0.29, 0.717) is 21.2 Å². The number of benzene rings is 1. The predicted octanol–water partition coefficient (Wildman–Crippen LogP) is 4.41. The fourth-order valence-corrected chi connectivity index (χ4v) is 2.18. The first-order valence-corrected chi connectivity index (χ1v) is 5.96. The lowest BCUT2D eigenvalue weighted by molar-refractivity contribution is 0.0696. The number of hydrogen-bond acceptors (Lipinski definition) is 2. The molecule has 1 aromatic heterocycles. The van der Waals surface area contributed by atoms with Gasteiger partial charge in [-0.25, -0.2) is 9.78 Å². The van der Waals surface area contributed by atoms with Crippen LogP contribution in [-0.2, 0) is 0 Å². The van der Waals surface area contributed by atoms with Gasteiger partial charge in [-0.15, -0.1) is 0 Å². The van der Waals surface area contributed by atoms with Crippen molar-refractivity contribution >= 4 is 40.8 Å². The van der Waals surface area contributed by atoms with E-state index in [-0.39, 0.29) is 10.7 Å². The first kappa shape index (κ1) is 13.1. The van der Waals surface area contributed by atoms with Gasteiger partial charge in [0.25, 0.3) is 0 Å². The Hall–Kier alpha value is -1.29. The summed E-state index contributed by atoms with van der Waals surface area (Å²) in [6.45, 7) is 0. The maximum absolute atomic E-state index is 10.9. The van der Waals surface area contributed by atoms with E-state index in [0.717, 1.165) is 0 Å². The minimum Gasteiger partial charge on any atom is -0.478 e. The second-order valence-corrected chi connectivity index (χ2v) is 4.69. The molecule has 0 aliphatic rings. The Labute approximate surface area is 118 Å². The second kappa shape index (κ2) is 5.14. The number of halogens is 3. The van der Waals surface area contributed by atoms with Crippen LogP contribution in [0.4, 0.5) is 0 Å². The lowest BCUT2D eigenvalue weighted by Crippen LogP contribution is -1.98. The molecule has 18 heavy (non-hydrogen) atoms. The van der Waals surface area contributed by atoms with E-state index in [1.165, 1.54) is 12.3 Å². The highest BCUT2D eigenvalue weighted by Crippen LogP contribution is 2.34. The predicted molar refractivity (Wildman–Crippen MR) is 71.7 cm³/mol. The highest BCUT2D eigenvalue weighted by molar-refractivity contribution is 6.37. The van der Waals surface area contributed by atoms with Crippen LogP contribution in [0.15, 0.2) is 30.5 Å². The summed E-state index contributed by atoms with van der Waals surface area (Å²) in [5.41, 5.74) is 1.08. The van der Waals surface area contributed by atoms with Crippen LogP contribution in [0.1, 0.15) is 10.4 Å². The van der Waals surface area contributed by atoms with Crippen LogP contribution in [0, 0.1) is 0 Å². The molecule has 0 atom stereocenters. The van der Waals surface area contributed by atoms with E-state index in [4.69, 9.17) is 39.9 Å². The molecule has 0 saturated carbocycles. The molecule has 0 amide bonds.